The van der Waals surface area contributed by atoms with Crippen LogP contribution in [0, 0.1) is 5.41 Å². The van der Waals surface area contributed by atoms with E-state index in [4.69, 9.17) is 5.73 Å². The van der Waals surface area contributed by atoms with Gasteiger partial charge in [-0.25, -0.2) is 0 Å². The Bertz CT molecular complexity index is 312. The summed E-state index contributed by atoms with van der Waals surface area (Å²) in [6.45, 7) is 0. The van der Waals surface area contributed by atoms with Gasteiger partial charge >= 0.3 is 5.97 Å². The summed E-state index contributed by atoms with van der Waals surface area (Å²) < 4.78 is 16.2. The Kier molecular flexibility index (Phi) is 4.46. The maximum Gasteiger partial charge on any atom is 0.306 e. The maximum absolute atomic E-state index is 11.6. The van der Waals surface area contributed by atoms with Crippen molar-refractivity contribution in [3.63, 3.8) is 0 Å². The Morgan fingerprint density at radius 1 is 1.44 bits per heavy atom. The second-order valence-electron chi connectivity index (χ2n) is 4.26. The van der Waals surface area contributed by atoms with Crippen LogP contribution in [0.2, 0.25) is 0 Å². The lowest BCUT2D eigenvalue weighted by molar-refractivity contribution is -0.141. The molecule has 5 nitrogen and oxygen atoms in total. The van der Waals surface area contributed by atoms with Crippen LogP contribution in [-0.4, -0.2) is 34.7 Å². The monoisotopic (exact) mass is 247 g/mol. The highest BCUT2D eigenvalue weighted by Gasteiger charge is 2.45. The molecular formula is C10H17NO4S. The number of amides is 1. The van der Waals surface area contributed by atoms with Gasteiger partial charge in [0, 0.05) is 28.7 Å². The van der Waals surface area contributed by atoms with Gasteiger partial charge in [-0.2, -0.15) is 0 Å². The highest BCUT2D eigenvalue weighted by molar-refractivity contribution is 7.85. The van der Waals surface area contributed by atoms with Crippen LogP contribution in [0.5, 0.6) is 0 Å². The Labute approximate surface area is 97.2 Å². The lowest BCUT2D eigenvalue weighted by atomic mass is 10.1. The first kappa shape index (κ1) is 13.2. The van der Waals surface area contributed by atoms with E-state index in [-0.39, 0.29) is 23.6 Å². The van der Waals surface area contributed by atoms with Crippen LogP contribution < -0.4 is 5.73 Å². The van der Waals surface area contributed by atoms with Crippen molar-refractivity contribution >= 4 is 22.7 Å². The molecule has 1 fully saturated rings. The third kappa shape index (κ3) is 4.30. The zero-order chi connectivity index (χ0) is 12.2. The van der Waals surface area contributed by atoms with Crippen molar-refractivity contribution in [2.75, 3.05) is 18.6 Å². The third-order valence-electron chi connectivity index (χ3n) is 2.75. The Hall–Kier alpha value is -0.910. The second-order valence-corrected chi connectivity index (χ2v) is 5.83. The highest BCUT2D eigenvalue weighted by atomic mass is 32.2. The van der Waals surface area contributed by atoms with Crippen LogP contribution in [-0.2, 0) is 25.1 Å². The van der Waals surface area contributed by atoms with E-state index in [0.717, 1.165) is 12.8 Å². The van der Waals surface area contributed by atoms with Crippen molar-refractivity contribution in [2.45, 2.75) is 25.7 Å². The standard InChI is InChI=1S/C10H17NO4S/c1-15-9(13)6-10(3-4-10)7-16(14)5-2-8(11)12/h2-7H2,1H3,(H2,11,12). The van der Waals surface area contributed by atoms with Gasteiger partial charge in [-0.15, -0.1) is 0 Å². The molecule has 1 aliphatic rings. The van der Waals surface area contributed by atoms with E-state index in [1.165, 1.54) is 7.11 Å². The number of methoxy groups -OCH3 is 1. The molecule has 1 rings (SSSR count). The summed E-state index contributed by atoms with van der Waals surface area (Å²) in [5, 5.41) is 0. The van der Waals surface area contributed by atoms with Gasteiger partial charge in [0.2, 0.25) is 5.91 Å². The predicted octanol–water partition coefficient (Wildman–Crippen LogP) is -0.0462. The minimum absolute atomic E-state index is 0.140. The quantitative estimate of drug-likeness (QED) is 0.639. The van der Waals surface area contributed by atoms with Crippen LogP contribution in [0.15, 0.2) is 0 Å². The normalized spacial score (nSPS) is 18.8. The largest absolute Gasteiger partial charge is 0.469 e. The number of primary amides is 1. The number of carbonyl (C=O) groups excluding carboxylic acids is 2. The first-order chi connectivity index (χ1) is 7.47. The van der Waals surface area contributed by atoms with E-state index in [2.05, 4.69) is 4.74 Å². The number of hydrogen-bond donors (Lipinski definition) is 1. The molecule has 1 unspecified atom stereocenters. The lowest BCUT2D eigenvalue weighted by Gasteiger charge is -2.12. The molecule has 16 heavy (non-hydrogen) atoms. The van der Waals surface area contributed by atoms with Crippen LogP contribution in [0.1, 0.15) is 25.7 Å². The molecule has 1 amide bonds. The number of hydrogen-bond acceptors (Lipinski definition) is 4. The van der Waals surface area contributed by atoms with Gasteiger partial charge in [-0.05, 0) is 18.3 Å². The van der Waals surface area contributed by atoms with Crippen molar-refractivity contribution in [1.82, 2.24) is 0 Å². The van der Waals surface area contributed by atoms with Crippen molar-refractivity contribution in [3.8, 4) is 0 Å². The molecule has 0 saturated heterocycles. The van der Waals surface area contributed by atoms with Gasteiger partial charge in [-0.1, -0.05) is 0 Å². The molecular weight excluding hydrogens is 230 g/mol. The number of rotatable bonds is 7. The van der Waals surface area contributed by atoms with Gasteiger partial charge in [-0.3, -0.25) is 13.8 Å². The fraction of sp³-hybridized carbons (Fsp3) is 0.800. The second kappa shape index (κ2) is 5.43. The van der Waals surface area contributed by atoms with Gasteiger partial charge in [0.1, 0.15) is 0 Å². The molecule has 0 aliphatic heterocycles. The van der Waals surface area contributed by atoms with E-state index in [0.29, 0.717) is 12.2 Å². The van der Waals surface area contributed by atoms with E-state index in [1.807, 2.05) is 0 Å². The summed E-state index contributed by atoms with van der Waals surface area (Å²) in [5.74, 6) is 0.0590. The molecule has 1 aliphatic carbocycles. The summed E-state index contributed by atoms with van der Waals surface area (Å²) in [7, 11) is 0.275. The SMILES string of the molecule is COC(=O)CC1(CS(=O)CCC(N)=O)CC1. The van der Waals surface area contributed by atoms with Gasteiger partial charge in [0.05, 0.1) is 13.5 Å². The summed E-state index contributed by atoms with van der Waals surface area (Å²) in [5.41, 5.74) is 4.83. The summed E-state index contributed by atoms with van der Waals surface area (Å²) in [4.78, 5) is 21.6. The minimum atomic E-state index is -1.07. The molecule has 0 aromatic heterocycles. The number of carbonyl (C=O) groups is 2. The Morgan fingerprint density at radius 2 is 2.06 bits per heavy atom. The van der Waals surface area contributed by atoms with Crippen molar-refractivity contribution in [1.29, 1.82) is 0 Å². The molecule has 0 bridgehead atoms. The molecule has 0 aromatic carbocycles. The number of esters is 1. The van der Waals surface area contributed by atoms with Gasteiger partial charge in [0.25, 0.3) is 0 Å². The fourth-order valence-corrected chi connectivity index (χ4v) is 3.20. The number of ether oxygens (including phenoxy) is 1. The first-order valence-electron chi connectivity index (χ1n) is 5.17. The van der Waals surface area contributed by atoms with Crippen molar-refractivity contribution in [2.24, 2.45) is 11.1 Å². The average Bonchev–Trinajstić information content (AvgIpc) is 2.94. The zero-order valence-electron chi connectivity index (χ0n) is 9.36. The van der Waals surface area contributed by atoms with Crippen LogP contribution >= 0.6 is 0 Å². The van der Waals surface area contributed by atoms with E-state index >= 15 is 0 Å². The smallest absolute Gasteiger partial charge is 0.306 e. The Balaban J connectivity index is 2.33. The average molecular weight is 247 g/mol. The summed E-state index contributed by atoms with van der Waals surface area (Å²) in [6, 6.07) is 0. The summed E-state index contributed by atoms with van der Waals surface area (Å²) >= 11 is 0. The topological polar surface area (TPSA) is 86.5 Å². The van der Waals surface area contributed by atoms with E-state index in [9.17, 15) is 13.8 Å². The molecule has 2 N–H and O–H groups in total. The molecule has 1 saturated carbocycles. The van der Waals surface area contributed by atoms with Crippen LogP contribution in [0.4, 0.5) is 0 Å². The van der Waals surface area contributed by atoms with E-state index < -0.39 is 16.7 Å². The molecule has 0 radical (unpaired) electrons. The van der Waals surface area contributed by atoms with Crippen LogP contribution in [0.25, 0.3) is 0 Å². The highest BCUT2D eigenvalue weighted by Crippen LogP contribution is 2.49. The molecule has 0 spiro atoms. The fourth-order valence-electron chi connectivity index (χ4n) is 1.56. The van der Waals surface area contributed by atoms with Crippen LogP contribution in [0.3, 0.4) is 0 Å². The molecule has 1 atom stereocenters. The van der Waals surface area contributed by atoms with Crippen molar-refractivity contribution in [3.05, 3.63) is 0 Å². The lowest BCUT2D eigenvalue weighted by Crippen LogP contribution is -2.21. The van der Waals surface area contributed by atoms with Gasteiger partial charge < -0.3 is 10.5 Å². The third-order valence-corrected chi connectivity index (χ3v) is 4.34. The minimum Gasteiger partial charge on any atom is -0.469 e. The van der Waals surface area contributed by atoms with E-state index in [1.54, 1.807) is 0 Å². The van der Waals surface area contributed by atoms with Gasteiger partial charge in [0.15, 0.2) is 0 Å². The molecule has 6 heteroatoms. The zero-order valence-corrected chi connectivity index (χ0v) is 10.2. The first-order valence-corrected chi connectivity index (χ1v) is 6.66. The molecule has 92 valence electrons. The maximum atomic E-state index is 11.6. The van der Waals surface area contributed by atoms with Crippen molar-refractivity contribution < 1.29 is 18.5 Å². The number of nitrogens with two attached hydrogens (primary N) is 1. The molecule has 0 aromatic rings. The predicted molar refractivity (Wildman–Crippen MR) is 60.0 cm³/mol. The summed E-state index contributed by atoms with van der Waals surface area (Å²) in [6.07, 6.45) is 2.28. The Morgan fingerprint density at radius 3 is 2.50 bits per heavy atom. The molecule has 0 heterocycles.